The largest absolute Gasteiger partial charge is 0.496 e. The quantitative estimate of drug-likeness (QED) is 0.405. The van der Waals surface area contributed by atoms with Gasteiger partial charge in [0.05, 0.1) is 35.5 Å². The van der Waals surface area contributed by atoms with Crippen molar-refractivity contribution in [1.29, 1.82) is 0 Å². The van der Waals surface area contributed by atoms with Crippen LogP contribution < -0.4 is 19.5 Å². The molecule has 0 saturated heterocycles. The number of benzene rings is 3. The third kappa shape index (κ3) is 5.20. The van der Waals surface area contributed by atoms with Crippen LogP contribution in [0.3, 0.4) is 0 Å². The van der Waals surface area contributed by atoms with E-state index in [1.165, 1.54) is 44.6 Å². The van der Waals surface area contributed by atoms with Crippen molar-refractivity contribution in [3.63, 3.8) is 0 Å². The van der Waals surface area contributed by atoms with Gasteiger partial charge in [0.15, 0.2) is 5.75 Å². The Morgan fingerprint density at radius 1 is 0.875 bits per heavy atom. The summed E-state index contributed by atoms with van der Waals surface area (Å²) < 4.78 is 56.0. The molecule has 0 spiro atoms. The van der Waals surface area contributed by atoms with E-state index in [4.69, 9.17) is 37.4 Å². The summed E-state index contributed by atoms with van der Waals surface area (Å²) in [6.07, 6.45) is -4.64. The van der Waals surface area contributed by atoms with Gasteiger partial charge in [0.2, 0.25) is 0 Å². The fraction of sp³-hybridized carbons (Fsp3) is 0.136. The van der Waals surface area contributed by atoms with E-state index in [0.717, 1.165) is 18.2 Å². The highest BCUT2D eigenvalue weighted by Gasteiger charge is 2.32. The van der Waals surface area contributed by atoms with Crippen molar-refractivity contribution in [3.05, 3.63) is 75.8 Å². The van der Waals surface area contributed by atoms with Gasteiger partial charge in [0, 0.05) is 6.07 Å². The van der Waals surface area contributed by atoms with Crippen LogP contribution in [-0.4, -0.2) is 20.1 Å². The molecule has 5 nitrogen and oxygen atoms in total. The molecule has 1 N–H and O–H groups in total. The third-order valence-electron chi connectivity index (χ3n) is 4.33. The van der Waals surface area contributed by atoms with Crippen LogP contribution in [0.2, 0.25) is 10.0 Å². The Balaban J connectivity index is 2.03. The summed E-state index contributed by atoms with van der Waals surface area (Å²) in [7, 11) is 2.71. The van der Waals surface area contributed by atoms with Crippen LogP contribution in [0.25, 0.3) is 0 Å². The van der Waals surface area contributed by atoms with E-state index in [1.807, 2.05) is 0 Å². The van der Waals surface area contributed by atoms with Crippen LogP contribution in [0.15, 0.2) is 54.6 Å². The molecule has 0 bridgehead atoms. The van der Waals surface area contributed by atoms with Crippen molar-refractivity contribution in [1.82, 2.24) is 0 Å². The Morgan fingerprint density at radius 2 is 1.53 bits per heavy atom. The van der Waals surface area contributed by atoms with Crippen molar-refractivity contribution in [2.75, 3.05) is 19.5 Å². The molecule has 10 heteroatoms. The smallest absolute Gasteiger partial charge is 0.416 e. The minimum atomic E-state index is -4.64. The minimum Gasteiger partial charge on any atom is -0.496 e. The molecule has 0 aliphatic heterocycles. The number of nitrogens with one attached hydrogen (secondary N) is 1. The van der Waals surface area contributed by atoms with E-state index in [1.54, 1.807) is 6.07 Å². The highest BCUT2D eigenvalue weighted by atomic mass is 35.5. The van der Waals surface area contributed by atoms with Gasteiger partial charge in [0.25, 0.3) is 5.91 Å². The normalized spacial score (nSPS) is 11.1. The van der Waals surface area contributed by atoms with Crippen molar-refractivity contribution in [3.8, 4) is 23.0 Å². The van der Waals surface area contributed by atoms with Gasteiger partial charge >= 0.3 is 6.18 Å². The molecule has 0 unspecified atom stereocenters. The van der Waals surface area contributed by atoms with Gasteiger partial charge in [-0.3, -0.25) is 4.79 Å². The van der Waals surface area contributed by atoms with Crippen LogP contribution in [0.5, 0.6) is 23.0 Å². The first kappa shape index (κ1) is 23.6. The summed E-state index contributed by atoms with van der Waals surface area (Å²) in [6, 6.07) is 11.7. The molecule has 3 aromatic rings. The average molecular weight is 486 g/mol. The lowest BCUT2D eigenvalue weighted by Gasteiger charge is -2.17. The second kappa shape index (κ2) is 9.58. The standard InChI is InChI=1S/C22H16Cl2F3NO4/c1-30-18-4-3-5-19(31-2)20(18)21(29)28-16-10-12(22(25,26)27)6-9-17(16)32-13-7-8-14(23)15(24)11-13/h3-11H,1-2H3,(H,28,29). The van der Waals surface area contributed by atoms with Crippen molar-refractivity contribution in [2.45, 2.75) is 6.18 Å². The topological polar surface area (TPSA) is 56.8 Å². The van der Waals surface area contributed by atoms with Crippen LogP contribution in [0, 0.1) is 0 Å². The average Bonchev–Trinajstić information content (AvgIpc) is 2.75. The molecule has 168 valence electrons. The number of methoxy groups -OCH3 is 2. The van der Waals surface area contributed by atoms with Crippen molar-refractivity contribution in [2.24, 2.45) is 0 Å². The molecule has 0 aromatic heterocycles. The number of alkyl halides is 3. The Bertz CT molecular complexity index is 1130. The summed E-state index contributed by atoms with van der Waals surface area (Å²) in [5.41, 5.74) is -1.18. The lowest BCUT2D eigenvalue weighted by molar-refractivity contribution is -0.137. The summed E-state index contributed by atoms with van der Waals surface area (Å²) in [6.45, 7) is 0. The van der Waals surface area contributed by atoms with Crippen LogP contribution in [0.1, 0.15) is 15.9 Å². The Labute approximate surface area is 191 Å². The van der Waals surface area contributed by atoms with E-state index < -0.39 is 17.6 Å². The predicted octanol–water partition coefficient (Wildman–Crippen LogP) is 7.07. The number of anilines is 1. The fourth-order valence-corrected chi connectivity index (χ4v) is 3.11. The Hall–Kier alpha value is -3.10. The maximum atomic E-state index is 13.3. The highest BCUT2D eigenvalue weighted by Crippen LogP contribution is 2.39. The number of rotatable bonds is 6. The van der Waals surface area contributed by atoms with E-state index >= 15 is 0 Å². The van der Waals surface area contributed by atoms with Crippen LogP contribution in [0.4, 0.5) is 18.9 Å². The summed E-state index contributed by atoms with van der Waals surface area (Å²) in [5, 5.41) is 2.93. The zero-order valence-corrected chi connectivity index (χ0v) is 18.2. The number of ether oxygens (including phenoxy) is 3. The zero-order chi connectivity index (χ0) is 23.5. The molecule has 0 fully saturated rings. The molecule has 3 rings (SSSR count). The number of hydrogen-bond acceptors (Lipinski definition) is 4. The maximum Gasteiger partial charge on any atom is 0.416 e. The number of carbonyl (C=O) groups excluding carboxylic acids is 1. The zero-order valence-electron chi connectivity index (χ0n) is 16.7. The lowest BCUT2D eigenvalue weighted by atomic mass is 10.1. The van der Waals surface area contributed by atoms with E-state index in [9.17, 15) is 18.0 Å². The first-order valence-corrected chi connectivity index (χ1v) is 9.76. The second-order valence-electron chi connectivity index (χ2n) is 6.38. The van der Waals surface area contributed by atoms with Crippen LogP contribution >= 0.6 is 23.2 Å². The van der Waals surface area contributed by atoms with E-state index in [-0.39, 0.29) is 44.3 Å². The first-order valence-electron chi connectivity index (χ1n) is 9.00. The van der Waals surface area contributed by atoms with E-state index in [2.05, 4.69) is 5.32 Å². The molecule has 0 radical (unpaired) electrons. The third-order valence-corrected chi connectivity index (χ3v) is 5.07. The molecule has 0 aliphatic carbocycles. The lowest BCUT2D eigenvalue weighted by Crippen LogP contribution is -2.16. The number of amides is 1. The van der Waals surface area contributed by atoms with E-state index in [0.29, 0.717) is 0 Å². The van der Waals surface area contributed by atoms with Crippen molar-refractivity contribution >= 4 is 34.8 Å². The Kier molecular flexibility index (Phi) is 7.06. The predicted molar refractivity (Wildman–Crippen MR) is 115 cm³/mol. The maximum absolute atomic E-state index is 13.3. The number of hydrogen-bond donors (Lipinski definition) is 1. The molecular formula is C22H16Cl2F3NO4. The second-order valence-corrected chi connectivity index (χ2v) is 7.19. The highest BCUT2D eigenvalue weighted by molar-refractivity contribution is 6.42. The molecule has 0 atom stereocenters. The van der Waals surface area contributed by atoms with Gasteiger partial charge in [-0.05, 0) is 42.5 Å². The molecule has 3 aromatic carbocycles. The first-order chi connectivity index (χ1) is 15.1. The van der Waals surface area contributed by atoms with Crippen molar-refractivity contribution < 1.29 is 32.2 Å². The van der Waals surface area contributed by atoms with Gasteiger partial charge in [-0.25, -0.2) is 0 Å². The van der Waals surface area contributed by atoms with Gasteiger partial charge < -0.3 is 19.5 Å². The van der Waals surface area contributed by atoms with Gasteiger partial charge in [-0.1, -0.05) is 29.3 Å². The molecule has 1 amide bonds. The summed E-state index contributed by atoms with van der Waals surface area (Å²) >= 11 is 11.9. The molecule has 32 heavy (non-hydrogen) atoms. The van der Waals surface area contributed by atoms with Gasteiger partial charge in [-0.15, -0.1) is 0 Å². The molecule has 0 aliphatic rings. The fourth-order valence-electron chi connectivity index (χ4n) is 2.82. The molecule has 0 saturated carbocycles. The minimum absolute atomic E-state index is 0.00963. The monoisotopic (exact) mass is 485 g/mol. The number of carbonyl (C=O) groups is 1. The summed E-state index contributed by atoms with van der Waals surface area (Å²) in [5.74, 6) is -0.220. The molecular weight excluding hydrogens is 470 g/mol. The van der Waals surface area contributed by atoms with Crippen LogP contribution in [-0.2, 0) is 6.18 Å². The SMILES string of the molecule is COc1cccc(OC)c1C(=O)Nc1cc(C(F)(F)F)ccc1Oc1ccc(Cl)c(Cl)c1. The summed E-state index contributed by atoms with van der Waals surface area (Å²) in [4.78, 5) is 13.0. The molecule has 0 heterocycles. The van der Waals surface area contributed by atoms with Gasteiger partial charge in [-0.2, -0.15) is 13.2 Å². The number of halogens is 5. The Morgan fingerprint density at radius 3 is 2.09 bits per heavy atom. The van der Waals surface area contributed by atoms with Gasteiger partial charge in [0.1, 0.15) is 22.8 Å².